The van der Waals surface area contributed by atoms with E-state index in [0.29, 0.717) is 23.6 Å². The number of allylic oxidation sites excluding steroid dienone is 2. The van der Waals surface area contributed by atoms with Gasteiger partial charge in [-0.2, -0.15) is 0 Å². The summed E-state index contributed by atoms with van der Waals surface area (Å²) in [5.74, 6) is 0.316. The first kappa shape index (κ1) is 30.9. The molecule has 0 radical (unpaired) electrons. The minimum absolute atomic E-state index is 0.0753. The summed E-state index contributed by atoms with van der Waals surface area (Å²) in [7, 11) is 0. The predicted octanol–water partition coefficient (Wildman–Crippen LogP) is 6.74. The molecule has 2 atom stereocenters. The SMILES string of the molecule is CC(=O)Nc1ccc(C(=O)NC(C(C)=C2CC2)C(C)C)cc1.CCC(C=C1CC1)NC(=O)CCc1ccccc1. The highest BCUT2D eigenvalue weighted by Crippen LogP contribution is 2.34. The smallest absolute Gasteiger partial charge is 0.251 e. The van der Waals surface area contributed by atoms with Crippen molar-refractivity contribution in [3.05, 3.63) is 88.5 Å². The van der Waals surface area contributed by atoms with E-state index < -0.39 is 0 Å². The lowest BCUT2D eigenvalue weighted by Gasteiger charge is -2.23. The molecule has 6 heteroatoms. The van der Waals surface area contributed by atoms with Gasteiger partial charge in [-0.3, -0.25) is 14.4 Å². The number of hydrogen-bond donors (Lipinski definition) is 3. The minimum atomic E-state index is -0.122. The van der Waals surface area contributed by atoms with Gasteiger partial charge in [-0.05, 0) is 81.2 Å². The van der Waals surface area contributed by atoms with Gasteiger partial charge in [-0.25, -0.2) is 0 Å². The van der Waals surface area contributed by atoms with Crippen molar-refractivity contribution in [2.75, 3.05) is 5.32 Å². The first-order valence-electron chi connectivity index (χ1n) is 14.6. The molecule has 2 fully saturated rings. The van der Waals surface area contributed by atoms with Gasteiger partial charge in [0.15, 0.2) is 0 Å². The molecular formula is C34H45N3O3. The first-order valence-corrected chi connectivity index (χ1v) is 14.6. The zero-order chi connectivity index (χ0) is 29.1. The van der Waals surface area contributed by atoms with Crippen molar-refractivity contribution in [1.29, 1.82) is 0 Å². The van der Waals surface area contributed by atoms with Crippen molar-refractivity contribution in [2.24, 2.45) is 5.92 Å². The molecule has 2 aromatic rings. The second kappa shape index (κ2) is 15.2. The quantitative estimate of drug-likeness (QED) is 0.274. The Kier molecular flexibility index (Phi) is 11.7. The molecule has 0 aliphatic heterocycles. The summed E-state index contributed by atoms with van der Waals surface area (Å²) in [5, 5.41) is 8.92. The Morgan fingerprint density at radius 3 is 2.05 bits per heavy atom. The summed E-state index contributed by atoms with van der Waals surface area (Å²) in [4.78, 5) is 35.3. The number of aryl methyl sites for hydroxylation is 1. The molecule has 2 unspecified atom stereocenters. The normalized spacial score (nSPS) is 14.8. The minimum Gasteiger partial charge on any atom is -0.350 e. The van der Waals surface area contributed by atoms with Crippen LogP contribution < -0.4 is 16.0 Å². The van der Waals surface area contributed by atoms with Crippen LogP contribution >= 0.6 is 0 Å². The van der Waals surface area contributed by atoms with E-state index in [9.17, 15) is 14.4 Å². The molecule has 3 N–H and O–H groups in total. The lowest BCUT2D eigenvalue weighted by atomic mass is 9.95. The summed E-state index contributed by atoms with van der Waals surface area (Å²) < 4.78 is 0. The maximum atomic E-state index is 12.4. The molecule has 2 aromatic carbocycles. The molecule has 2 saturated carbocycles. The monoisotopic (exact) mass is 543 g/mol. The highest BCUT2D eigenvalue weighted by molar-refractivity contribution is 5.95. The topological polar surface area (TPSA) is 87.3 Å². The Balaban J connectivity index is 0.000000225. The van der Waals surface area contributed by atoms with Crippen molar-refractivity contribution < 1.29 is 14.4 Å². The second-order valence-electron chi connectivity index (χ2n) is 11.1. The van der Waals surface area contributed by atoms with Gasteiger partial charge < -0.3 is 16.0 Å². The van der Waals surface area contributed by atoms with Gasteiger partial charge >= 0.3 is 0 Å². The number of hydrogen-bond acceptors (Lipinski definition) is 3. The van der Waals surface area contributed by atoms with Crippen molar-refractivity contribution in [1.82, 2.24) is 10.6 Å². The first-order chi connectivity index (χ1) is 19.2. The number of carbonyl (C=O) groups is 3. The van der Waals surface area contributed by atoms with Gasteiger partial charge in [0.25, 0.3) is 5.91 Å². The van der Waals surface area contributed by atoms with Crippen LogP contribution in [0.2, 0.25) is 0 Å². The fraction of sp³-hybridized carbons (Fsp3) is 0.441. The lowest BCUT2D eigenvalue weighted by Crippen LogP contribution is -2.39. The van der Waals surface area contributed by atoms with Gasteiger partial charge in [0.05, 0.1) is 6.04 Å². The Bertz CT molecular complexity index is 1200. The van der Waals surface area contributed by atoms with Crippen LogP contribution in [-0.4, -0.2) is 29.8 Å². The van der Waals surface area contributed by atoms with E-state index in [1.165, 1.54) is 42.0 Å². The third-order valence-electron chi connectivity index (χ3n) is 7.19. The zero-order valence-electron chi connectivity index (χ0n) is 24.7. The average Bonchev–Trinajstić information content (AvgIpc) is 3.86. The van der Waals surface area contributed by atoms with Crippen LogP contribution in [0.25, 0.3) is 0 Å². The van der Waals surface area contributed by atoms with E-state index in [0.717, 1.165) is 25.7 Å². The fourth-order valence-corrected chi connectivity index (χ4v) is 4.55. The maximum Gasteiger partial charge on any atom is 0.251 e. The van der Waals surface area contributed by atoms with E-state index in [1.54, 1.807) is 24.3 Å². The number of carbonyl (C=O) groups excluding carboxylic acids is 3. The van der Waals surface area contributed by atoms with Gasteiger partial charge in [-0.15, -0.1) is 0 Å². The zero-order valence-corrected chi connectivity index (χ0v) is 24.7. The molecule has 0 aromatic heterocycles. The molecule has 2 aliphatic rings. The average molecular weight is 544 g/mol. The lowest BCUT2D eigenvalue weighted by molar-refractivity contribution is -0.121. The van der Waals surface area contributed by atoms with Crippen LogP contribution in [0, 0.1) is 5.92 Å². The van der Waals surface area contributed by atoms with E-state index in [2.05, 4.69) is 61.9 Å². The Morgan fingerprint density at radius 1 is 0.875 bits per heavy atom. The predicted molar refractivity (Wildman–Crippen MR) is 163 cm³/mol. The Labute approximate surface area is 239 Å². The van der Waals surface area contributed by atoms with E-state index in [4.69, 9.17) is 0 Å². The number of anilines is 1. The summed E-state index contributed by atoms with van der Waals surface area (Å²) in [6.07, 6.45) is 9.35. The molecule has 4 rings (SSSR count). The van der Waals surface area contributed by atoms with Crippen LogP contribution in [-0.2, 0) is 16.0 Å². The van der Waals surface area contributed by atoms with Crippen molar-refractivity contribution in [3.8, 4) is 0 Å². The molecule has 0 spiro atoms. The number of benzene rings is 2. The van der Waals surface area contributed by atoms with E-state index >= 15 is 0 Å². The van der Waals surface area contributed by atoms with Crippen LogP contribution in [0.4, 0.5) is 5.69 Å². The molecule has 40 heavy (non-hydrogen) atoms. The standard InChI is InChI=1S/C18H24N2O2.C16H21NO/c1-11(2)17(12(3)14-5-6-14)20-18(22)15-7-9-16(10-8-15)19-13(4)21;1-2-15(12-14-8-9-14)17-16(18)11-10-13-6-4-3-5-7-13/h7-11,17H,5-6H2,1-4H3,(H,19,21)(H,20,22);3-7,12,15H,2,8-11H2,1H3,(H,17,18). The Hall–Kier alpha value is -3.67. The molecule has 0 heterocycles. The molecular weight excluding hydrogens is 498 g/mol. The molecule has 214 valence electrons. The second-order valence-corrected chi connectivity index (χ2v) is 11.1. The molecule has 0 saturated heterocycles. The number of rotatable bonds is 11. The third-order valence-corrected chi connectivity index (χ3v) is 7.19. The molecule has 0 bridgehead atoms. The number of nitrogens with one attached hydrogen (secondary N) is 3. The summed E-state index contributed by atoms with van der Waals surface area (Å²) in [6.45, 7) is 9.94. The fourth-order valence-electron chi connectivity index (χ4n) is 4.55. The summed E-state index contributed by atoms with van der Waals surface area (Å²) >= 11 is 0. The van der Waals surface area contributed by atoms with Crippen molar-refractivity contribution >= 4 is 23.4 Å². The van der Waals surface area contributed by atoms with E-state index in [1.807, 2.05) is 18.2 Å². The van der Waals surface area contributed by atoms with Crippen LogP contribution in [0.3, 0.4) is 0 Å². The Morgan fingerprint density at radius 2 is 1.52 bits per heavy atom. The van der Waals surface area contributed by atoms with Crippen LogP contribution in [0.1, 0.15) is 89.1 Å². The molecule has 3 amide bonds. The number of amides is 3. The molecule has 6 nitrogen and oxygen atoms in total. The summed E-state index contributed by atoms with van der Waals surface area (Å²) in [6, 6.07) is 17.4. The van der Waals surface area contributed by atoms with Gasteiger partial charge in [-0.1, -0.05) is 73.9 Å². The highest BCUT2D eigenvalue weighted by Gasteiger charge is 2.25. The van der Waals surface area contributed by atoms with Crippen LogP contribution in [0.5, 0.6) is 0 Å². The highest BCUT2D eigenvalue weighted by atomic mass is 16.2. The van der Waals surface area contributed by atoms with E-state index in [-0.39, 0.29) is 29.8 Å². The van der Waals surface area contributed by atoms with Crippen LogP contribution in [0.15, 0.2) is 77.4 Å². The maximum absolute atomic E-state index is 12.4. The molecule has 2 aliphatic carbocycles. The third kappa shape index (κ3) is 10.8. The van der Waals surface area contributed by atoms with Crippen molar-refractivity contribution in [2.45, 2.75) is 91.6 Å². The van der Waals surface area contributed by atoms with Crippen molar-refractivity contribution in [3.63, 3.8) is 0 Å². The van der Waals surface area contributed by atoms with Gasteiger partial charge in [0.2, 0.25) is 11.8 Å². The van der Waals surface area contributed by atoms with Gasteiger partial charge in [0, 0.05) is 30.6 Å². The van der Waals surface area contributed by atoms with Gasteiger partial charge in [0.1, 0.15) is 0 Å². The summed E-state index contributed by atoms with van der Waals surface area (Å²) in [5.41, 5.74) is 6.79. The largest absolute Gasteiger partial charge is 0.350 e.